The fraction of sp³-hybridized carbons (Fsp3) is 0.300. The number of fused-ring (bicyclic) bond motifs is 1. The maximum atomic E-state index is 12.1. The molecule has 26 heavy (non-hydrogen) atoms. The van der Waals surface area contributed by atoms with Gasteiger partial charge in [-0.25, -0.2) is 4.98 Å². The third-order valence-electron chi connectivity index (χ3n) is 4.17. The summed E-state index contributed by atoms with van der Waals surface area (Å²) in [6.45, 7) is 2.87. The zero-order valence-corrected chi connectivity index (χ0v) is 15.1. The molecule has 0 aliphatic rings. The van der Waals surface area contributed by atoms with Gasteiger partial charge < -0.3 is 19.2 Å². The second-order valence-electron chi connectivity index (χ2n) is 5.95. The number of pyridine rings is 1. The Balaban J connectivity index is 1.42. The Morgan fingerprint density at radius 1 is 1.15 bits per heavy atom. The van der Waals surface area contributed by atoms with Gasteiger partial charge in [-0.15, -0.1) is 0 Å². The molecule has 0 radical (unpaired) electrons. The highest BCUT2D eigenvalue weighted by atomic mass is 16.5. The number of aromatic nitrogens is 2. The number of nitrogens with one attached hydrogen (secondary N) is 1. The first-order valence-corrected chi connectivity index (χ1v) is 8.63. The van der Waals surface area contributed by atoms with Gasteiger partial charge in [0.05, 0.1) is 19.3 Å². The topological polar surface area (TPSA) is 64.9 Å². The molecule has 6 nitrogen and oxygen atoms in total. The zero-order valence-electron chi connectivity index (χ0n) is 15.1. The number of ether oxygens (including phenoxy) is 2. The number of hydrogen-bond acceptors (Lipinski definition) is 4. The number of methoxy groups -OCH3 is 1. The highest BCUT2D eigenvalue weighted by Gasteiger charge is 2.10. The summed E-state index contributed by atoms with van der Waals surface area (Å²) < 4.78 is 12.7. The monoisotopic (exact) mass is 353 g/mol. The van der Waals surface area contributed by atoms with Crippen molar-refractivity contribution in [1.82, 2.24) is 14.7 Å². The minimum atomic E-state index is 0.00797. The van der Waals surface area contributed by atoms with Crippen LogP contribution in [-0.4, -0.2) is 35.6 Å². The molecule has 1 aromatic carbocycles. The predicted octanol–water partition coefficient (Wildman–Crippen LogP) is 2.78. The van der Waals surface area contributed by atoms with Crippen molar-refractivity contribution in [2.45, 2.75) is 19.8 Å². The molecule has 0 saturated heterocycles. The van der Waals surface area contributed by atoms with E-state index in [9.17, 15) is 4.79 Å². The number of carbonyl (C=O) groups is 1. The third kappa shape index (κ3) is 4.33. The third-order valence-corrected chi connectivity index (χ3v) is 4.17. The van der Waals surface area contributed by atoms with E-state index in [0.29, 0.717) is 26.0 Å². The van der Waals surface area contributed by atoms with Gasteiger partial charge >= 0.3 is 0 Å². The van der Waals surface area contributed by atoms with Crippen LogP contribution in [0.1, 0.15) is 17.8 Å². The average Bonchev–Trinajstić information content (AvgIpc) is 2.99. The van der Waals surface area contributed by atoms with E-state index in [1.165, 1.54) is 0 Å². The highest BCUT2D eigenvalue weighted by Crippen LogP contribution is 2.16. The van der Waals surface area contributed by atoms with Crippen LogP contribution >= 0.6 is 0 Å². The number of hydrogen-bond donors (Lipinski definition) is 1. The standard InChI is InChI=1S/C20H23N3O3/c1-15-18(23-13-4-3-5-19(23)22-15)10-11-20(24)21-12-14-26-17-8-6-16(25-2)7-9-17/h3-9,13H,10-12,14H2,1-2H3,(H,21,24). The molecule has 0 aliphatic heterocycles. The lowest BCUT2D eigenvalue weighted by Crippen LogP contribution is -2.28. The van der Waals surface area contributed by atoms with E-state index in [-0.39, 0.29) is 5.91 Å². The van der Waals surface area contributed by atoms with E-state index in [1.807, 2.05) is 60.0 Å². The largest absolute Gasteiger partial charge is 0.497 e. The number of imidazole rings is 1. The summed E-state index contributed by atoms with van der Waals surface area (Å²) in [5.41, 5.74) is 2.95. The molecule has 3 rings (SSSR count). The molecule has 0 bridgehead atoms. The Kier molecular flexibility index (Phi) is 5.73. The Hall–Kier alpha value is -3.02. The van der Waals surface area contributed by atoms with Gasteiger partial charge in [-0.05, 0) is 49.7 Å². The van der Waals surface area contributed by atoms with Crippen LogP contribution in [0.3, 0.4) is 0 Å². The summed E-state index contributed by atoms with van der Waals surface area (Å²) in [5.74, 6) is 1.54. The van der Waals surface area contributed by atoms with Gasteiger partial charge in [-0.2, -0.15) is 0 Å². The van der Waals surface area contributed by atoms with Crippen molar-refractivity contribution in [3.05, 3.63) is 60.0 Å². The van der Waals surface area contributed by atoms with Crippen LogP contribution in [0.2, 0.25) is 0 Å². The van der Waals surface area contributed by atoms with Crippen molar-refractivity contribution in [1.29, 1.82) is 0 Å². The molecule has 1 amide bonds. The second kappa shape index (κ2) is 8.38. The van der Waals surface area contributed by atoms with E-state index in [1.54, 1.807) is 7.11 Å². The van der Waals surface area contributed by atoms with Crippen LogP contribution in [0, 0.1) is 6.92 Å². The zero-order chi connectivity index (χ0) is 18.4. The fourth-order valence-corrected chi connectivity index (χ4v) is 2.82. The first-order valence-electron chi connectivity index (χ1n) is 8.63. The lowest BCUT2D eigenvalue weighted by atomic mass is 10.2. The van der Waals surface area contributed by atoms with Gasteiger partial charge in [0.2, 0.25) is 5.91 Å². The van der Waals surface area contributed by atoms with Gasteiger partial charge in [0, 0.05) is 18.3 Å². The van der Waals surface area contributed by atoms with Crippen molar-refractivity contribution in [2.75, 3.05) is 20.3 Å². The number of benzene rings is 1. The average molecular weight is 353 g/mol. The minimum Gasteiger partial charge on any atom is -0.497 e. The second-order valence-corrected chi connectivity index (χ2v) is 5.95. The first-order chi connectivity index (χ1) is 12.7. The van der Waals surface area contributed by atoms with Crippen molar-refractivity contribution in [3.63, 3.8) is 0 Å². The Morgan fingerprint density at radius 2 is 1.92 bits per heavy atom. The summed E-state index contributed by atoms with van der Waals surface area (Å²) in [5, 5.41) is 2.89. The first kappa shape index (κ1) is 17.8. The summed E-state index contributed by atoms with van der Waals surface area (Å²) >= 11 is 0. The van der Waals surface area contributed by atoms with Crippen LogP contribution in [0.25, 0.3) is 5.65 Å². The maximum absolute atomic E-state index is 12.1. The maximum Gasteiger partial charge on any atom is 0.220 e. The predicted molar refractivity (Wildman–Crippen MR) is 99.7 cm³/mol. The molecule has 0 aliphatic carbocycles. The van der Waals surface area contributed by atoms with Crippen molar-refractivity contribution in [2.24, 2.45) is 0 Å². The Morgan fingerprint density at radius 3 is 2.69 bits per heavy atom. The number of rotatable bonds is 8. The lowest BCUT2D eigenvalue weighted by Gasteiger charge is -2.08. The molecular formula is C20H23N3O3. The van der Waals surface area contributed by atoms with E-state index in [2.05, 4.69) is 10.3 Å². The molecule has 3 aromatic rings. The molecule has 0 atom stereocenters. The van der Waals surface area contributed by atoms with Crippen LogP contribution in [0.15, 0.2) is 48.7 Å². The van der Waals surface area contributed by atoms with Gasteiger partial charge in [-0.1, -0.05) is 6.07 Å². The molecular weight excluding hydrogens is 330 g/mol. The smallest absolute Gasteiger partial charge is 0.220 e. The lowest BCUT2D eigenvalue weighted by molar-refractivity contribution is -0.121. The normalized spacial score (nSPS) is 10.7. The van der Waals surface area contributed by atoms with E-state index < -0.39 is 0 Å². The quantitative estimate of drug-likeness (QED) is 0.633. The van der Waals surface area contributed by atoms with Crippen molar-refractivity contribution < 1.29 is 14.3 Å². The SMILES string of the molecule is COc1ccc(OCCNC(=O)CCc2c(C)nc3ccccn23)cc1. The Bertz CT molecular complexity index is 872. The van der Waals surface area contributed by atoms with E-state index in [4.69, 9.17) is 9.47 Å². The number of amides is 1. The van der Waals surface area contributed by atoms with Crippen molar-refractivity contribution >= 4 is 11.6 Å². The van der Waals surface area contributed by atoms with Gasteiger partial charge in [0.25, 0.3) is 0 Å². The van der Waals surface area contributed by atoms with Crippen LogP contribution in [0.4, 0.5) is 0 Å². The molecule has 2 aromatic heterocycles. The fourth-order valence-electron chi connectivity index (χ4n) is 2.82. The summed E-state index contributed by atoms with van der Waals surface area (Å²) in [6.07, 6.45) is 3.06. The molecule has 2 heterocycles. The van der Waals surface area contributed by atoms with Crippen LogP contribution < -0.4 is 14.8 Å². The molecule has 0 saturated carbocycles. The number of nitrogens with zero attached hydrogens (tertiary/aromatic N) is 2. The summed E-state index contributed by atoms with van der Waals surface area (Å²) in [7, 11) is 1.62. The summed E-state index contributed by atoms with van der Waals surface area (Å²) in [4.78, 5) is 16.6. The molecule has 1 N–H and O–H groups in total. The molecule has 0 fully saturated rings. The van der Waals surface area contributed by atoms with Gasteiger partial charge in [0.1, 0.15) is 23.8 Å². The van der Waals surface area contributed by atoms with Crippen molar-refractivity contribution in [3.8, 4) is 11.5 Å². The summed E-state index contributed by atoms with van der Waals surface area (Å²) in [6, 6.07) is 13.3. The van der Waals surface area contributed by atoms with E-state index >= 15 is 0 Å². The number of carbonyl (C=O) groups excluding carboxylic acids is 1. The van der Waals surface area contributed by atoms with Gasteiger partial charge in [0.15, 0.2) is 0 Å². The minimum absolute atomic E-state index is 0.00797. The van der Waals surface area contributed by atoms with Crippen LogP contribution in [0.5, 0.6) is 11.5 Å². The van der Waals surface area contributed by atoms with E-state index in [0.717, 1.165) is 28.5 Å². The molecule has 136 valence electrons. The molecule has 6 heteroatoms. The Labute approximate surface area is 152 Å². The molecule has 0 spiro atoms. The number of aryl methyl sites for hydroxylation is 2. The van der Waals surface area contributed by atoms with Gasteiger partial charge in [-0.3, -0.25) is 4.79 Å². The van der Waals surface area contributed by atoms with Crippen LogP contribution in [-0.2, 0) is 11.2 Å². The highest BCUT2D eigenvalue weighted by molar-refractivity contribution is 5.76. The molecule has 0 unspecified atom stereocenters.